The fourth-order valence-corrected chi connectivity index (χ4v) is 5.49. The predicted molar refractivity (Wildman–Crippen MR) is 130 cm³/mol. The molecule has 0 N–H and O–H groups in total. The van der Waals surface area contributed by atoms with Crippen LogP contribution < -0.4 is 13.8 Å². The number of aryl methyl sites for hydroxylation is 1. The van der Waals surface area contributed by atoms with Gasteiger partial charge in [0.25, 0.3) is 10.0 Å². The number of ketones is 1. The first-order chi connectivity index (χ1) is 16.8. The van der Waals surface area contributed by atoms with Crippen molar-refractivity contribution in [3.05, 3.63) is 83.4 Å². The third kappa shape index (κ3) is 5.00. The molecule has 0 radical (unpaired) electrons. The molecule has 0 fully saturated rings. The van der Waals surface area contributed by atoms with E-state index in [1.54, 1.807) is 18.2 Å². The van der Waals surface area contributed by atoms with Gasteiger partial charge in [0.1, 0.15) is 0 Å². The van der Waals surface area contributed by atoms with Crippen molar-refractivity contribution in [2.45, 2.75) is 17.7 Å². The molecule has 0 aliphatic carbocycles. The lowest BCUT2D eigenvalue weighted by molar-refractivity contribution is 0.0474. The van der Waals surface area contributed by atoms with Crippen LogP contribution in [0.4, 0.5) is 5.69 Å². The number of ether oxygens (including phenoxy) is 3. The van der Waals surface area contributed by atoms with Crippen molar-refractivity contribution in [1.29, 1.82) is 0 Å². The average Bonchev–Trinajstić information content (AvgIpc) is 2.90. The molecule has 35 heavy (non-hydrogen) atoms. The summed E-state index contributed by atoms with van der Waals surface area (Å²) in [5.41, 5.74) is 2.11. The van der Waals surface area contributed by atoms with Crippen LogP contribution in [-0.4, -0.2) is 47.5 Å². The molecule has 1 aliphatic rings. The summed E-state index contributed by atoms with van der Waals surface area (Å²) in [5, 5.41) is 0. The quantitative estimate of drug-likeness (QED) is 0.345. The summed E-state index contributed by atoms with van der Waals surface area (Å²) in [7, 11) is -0.840. The zero-order chi connectivity index (χ0) is 25.0. The fraction of sp³-hybridized carbons (Fsp3) is 0.231. The van der Waals surface area contributed by atoms with Crippen LogP contribution in [0.1, 0.15) is 32.7 Å². The number of benzene rings is 3. The van der Waals surface area contributed by atoms with Gasteiger partial charge in [-0.2, -0.15) is 0 Å². The Balaban J connectivity index is 1.44. The Hall–Kier alpha value is -3.85. The van der Waals surface area contributed by atoms with E-state index in [1.807, 2.05) is 18.2 Å². The van der Waals surface area contributed by atoms with Crippen LogP contribution >= 0.6 is 0 Å². The lowest BCUT2D eigenvalue weighted by Crippen LogP contribution is -2.35. The third-order valence-corrected chi connectivity index (χ3v) is 7.61. The van der Waals surface area contributed by atoms with Crippen LogP contribution in [0.25, 0.3) is 0 Å². The minimum atomic E-state index is -3.79. The summed E-state index contributed by atoms with van der Waals surface area (Å²) in [6, 6.07) is 17.6. The number of fused-ring (bicyclic) bond motifs is 1. The number of carbonyl (C=O) groups excluding carboxylic acids is 2. The van der Waals surface area contributed by atoms with Gasteiger partial charge in [0, 0.05) is 12.1 Å². The first kappa shape index (κ1) is 24.3. The van der Waals surface area contributed by atoms with E-state index < -0.39 is 28.4 Å². The van der Waals surface area contributed by atoms with Gasteiger partial charge in [0.15, 0.2) is 23.9 Å². The smallest absolute Gasteiger partial charge is 0.338 e. The molecule has 0 amide bonds. The van der Waals surface area contributed by atoms with Gasteiger partial charge in [-0.1, -0.05) is 18.2 Å². The molecule has 0 atom stereocenters. The van der Waals surface area contributed by atoms with E-state index in [0.717, 1.165) is 18.4 Å². The monoisotopic (exact) mass is 495 g/mol. The first-order valence-electron chi connectivity index (χ1n) is 11.0. The van der Waals surface area contributed by atoms with Crippen LogP contribution in [-0.2, 0) is 21.2 Å². The van der Waals surface area contributed by atoms with Gasteiger partial charge in [-0.05, 0) is 66.9 Å². The molecule has 0 unspecified atom stereocenters. The van der Waals surface area contributed by atoms with Gasteiger partial charge in [0.05, 0.1) is 30.4 Å². The molecule has 3 aromatic carbocycles. The Labute approximate surface area is 204 Å². The maximum absolute atomic E-state index is 13.2. The second-order valence-electron chi connectivity index (χ2n) is 7.90. The number of nitrogens with zero attached hydrogens (tertiary/aromatic N) is 1. The number of carbonyl (C=O) groups is 2. The zero-order valence-corrected chi connectivity index (χ0v) is 20.2. The summed E-state index contributed by atoms with van der Waals surface area (Å²) in [6.45, 7) is -0.0830. The van der Waals surface area contributed by atoms with Gasteiger partial charge in [-0.25, -0.2) is 13.2 Å². The normalized spacial score (nSPS) is 13.0. The second kappa shape index (κ2) is 10.2. The third-order valence-electron chi connectivity index (χ3n) is 5.79. The van der Waals surface area contributed by atoms with Crippen molar-refractivity contribution >= 4 is 27.5 Å². The summed E-state index contributed by atoms with van der Waals surface area (Å²) in [4.78, 5) is 25.0. The number of sulfonamides is 1. The SMILES string of the molecule is COc1ccc(C(=O)COC(=O)c2ccc(S(=O)(=O)N3CCCc4ccccc43)cc2)cc1OC. The van der Waals surface area contributed by atoms with Gasteiger partial charge < -0.3 is 14.2 Å². The van der Waals surface area contributed by atoms with Crippen LogP contribution in [0.2, 0.25) is 0 Å². The Kier molecular flexibility index (Phi) is 7.07. The summed E-state index contributed by atoms with van der Waals surface area (Å²) in [6.07, 6.45) is 1.56. The van der Waals surface area contributed by atoms with E-state index in [2.05, 4.69) is 0 Å². The molecule has 0 saturated heterocycles. The van der Waals surface area contributed by atoms with E-state index in [0.29, 0.717) is 29.3 Å². The van der Waals surface area contributed by atoms with E-state index in [-0.39, 0.29) is 10.5 Å². The van der Waals surface area contributed by atoms with Gasteiger partial charge >= 0.3 is 5.97 Å². The molecule has 1 aliphatic heterocycles. The minimum Gasteiger partial charge on any atom is -0.493 e. The zero-order valence-electron chi connectivity index (χ0n) is 19.4. The summed E-state index contributed by atoms with van der Waals surface area (Å²) < 4.78 is 43.4. The largest absolute Gasteiger partial charge is 0.493 e. The highest BCUT2D eigenvalue weighted by molar-refractivity contribution is 7.92. The van der Waals surface area contributed by atoms with E-state index >= 15 is 0 Å². The van der Waals surface area contributed by atoms with Crippen LogP contribution in [0.5, 0.6) is 11.5 Å². The van der Waals surface area contributed by atoms with Gasteiger partial charge in [-0.3, -0.25) is 9.10 Å². The second-order valence-corrected chi connectivity index (χ2v) is 9.77. The molecular weight excluding hydrogens is 470 g/mol. The molecule has 0 aromatic heterocycles. The number of methoxy groups -OCH3 is 2. The highest BCUT2D eigenvalue weighted by Gasteiger charge is 2.29. The molecular formula is C26H25NO7S. The van der Waals surface area contributed by atoms with Crippen LogP contribution in [0, 0.1) is 0 Å². The molecule has 4 rings (SSSR count). The van der Waals surface area contributed by atoms with Crippen molar-refractivity contribution in [3.63, 3.8) is 0 Å². The fourth-order valence-electron chi connectivity index (χ4n) is 3.95. The van der Waals surface area contributed by atoms with Crippen molar-refractivity contribution in [2.75, 3.05) is 31.7 Å². The number of rotatable bonds is 8. The molecule has 0 bridgehead atoms. The summed E-state index contributed by atoms with van der Waals surface area (Å²) in [5.74, 6) is -0.282. The average molecular weight is 496 g/mol. The Morgan fingerprint density at radius 3 is 2.29 bits per heavy atom. The number of anilines is 1. The maximum atomic E-state index is 13.2. The molecule has 8 nitrogen and oxygen atoms in total. The van der Waals surface area contributed by atoms with Crippen LogP contribution in [0.3, 0.4) is 0 Å². The van der Waals surface area contributed by atoms with Gasteiger partial charge in [0.2, 0.25) is 0 Å². The van der Waals surface area contributed by atoms with E-state index in [1.165, 1.54) is 48.9 Å². The lowest BCUT2D eigenvalue weighted by atomic mass is 10.0. The van der Waals surface area contributed by atoms with E-state index in [4.69, 9.17) is 14.2 Å². The van der Waals surface area contributed by atoms with E-state index in [9.17, 15) is 18.0 Å². The summed E-state index contributed by atoms with van der Waals surface area (Å²) >= 11 is 0. The molecule has 182 valence electrons. The maximum Gasteiger partial charge on any atom is 0.338 e. The standard InChI is InChI=1S/C26H25NO7S/c1-32-24-14-11-20(16-25(24)33-2)23(28)17-34-26(29)19-9-12-21(13-10-19)35(30,31)27-15-5-7-18-6-3-4-8-22(18)27/h3-4,6,8-14,16H,5,7,15,17H2,1-2H3. The van der Waals surface area contributed by atoms with Crippen molar-refractivity contribution in [1.82, 2.24) is 0 Å². The number of hydrogen-bond donors (Lipinski definition) is 0. The molecule has 0 saturated carbocycles. The highest BCUT2D eigenvalue weighted by atomic mass is 32.2. The number of Topliss-reactive ketones (excluding diaryl/α,β-unsaturated/α-hetero) is 1. The predicted octanol–water partition coefficient (Wildman–Crippen LogP) is 3.89. The number of hydrogen-bond acceptors (Lipinski definition) is 7. The Morgan fingerprint density at radius 1 is 0.886 bits per heavy atom. The topological polar surface area (TPSA) is 99.2 Å². The van der Waals surface area contributed by atoms with Crippen molar-refractivity contribution in [3.8, 4) is 11.5 Å². The number of esters is 1. The first-order valence-corrected chi connectivity index (χ1v) is 12.4. The lowest BCUT2D eigenvalue weighted by Gasteiger charge is -2.30. The highest BCUT2D eigenvalue weighted by Crippen LogP contribution is 2.32. The molecule has 9 heteroatoms. The Bertz CT molecular complexity index is 1350. The molecule has 1 heterocycles. The molecule has 3 aromatic rings. The number of para-hydroxylation sites is 1. The van der Waals surface area contributed by atoms with Crippen molar-refractivity contribution in [2.24, 2.45) is 0 Å². The van der Waals surface area contributed by atoms with Crippen molar-refractivity contribution < 1.29 is 32.2 Å². The Morgan fingerprint density at radius 2 is 1.57 bits per heavy atom. The van der Waals surface area contributed by atoms with Gasteiger partial charge in [-0.15, -0.1) is 0 Å². The molecule has 0 spiro atoms. The minimum absolute atomic E-state index is 0.0761. The van der Waals surface area contributed by atoms with Crippen LogP contribution in [0.15, 0.2) is 71.6 Å².